The predicted octanol–water partition coefficient (Wildman–Crippen LogP) is 3.16. The quantitative estimate of drug-likeness (QED) is 0.351. The zero-order chi connectivity index (χ0) is 28.0. The molecule has 40 heavy (non-hydrogen) atoms. The minimum atomic E-state index is -0.887. The lowest BCUT2D eigenvalue weighted by Crippen LogP contribution is -2.48. The molecule has 1 amide bonds. The Morgan fingerprint density at radius 3 is 2.73 bits per heavy atom. The molecule has 0 radical (unpaired) electrons. The third-order valence-corrected chi connectivity index (χ3v) is 7.17. The first kappa shape index (κ1) is 25.8. The number of ether oxygens (including phenoxy) is 1. The molecule has 0 bridgehead atoms. The first-order chi connectivity index (χ1) is 19.3. The van der Waals surface area contributed by atoms with Gasteiger partial charge in [0, 0.05) is 43.2 Å². The number of halogens is 2. The van der Waals surface area contributed by atoms with Crippen molar-refractivity contribution in [1.29, 1.82) is 0 Å². The zero-order valence-corrected chi connectivity index (χ0v) is 21.5. The van der Waals surface area contributed by atoms with E-state index in [9.17, 15) is 14.7 Å². The summed E-state index contributed by atoms with van der Waals surface area (Å²) in [5.41, 5.74) is 0.992. The third-order valence-electron chi connectivity index (χ3n) is 7.17. The topological polar surface area (TPSA) is 111 Å². The van der Waals surface area contributed by atoms with Crippen molar-refractivity contribution < 1.29 is 23.4 Å². The largest absolute Gasteiger partial charge is 0.389 e. The molecule has 1 fully saturated rings. The molecule has 204 valence electrons. The Balaban J connectivity index is 1.38. The summed E-state index contributed by atoms with van der Waals surface area (Å²) in [6.07, 6.45) is 4.01. The molecule has 3 aromatic heterocycles. The number of rotatable bonds is 5. The Hall–Kier alpha value is -4.48. The summed E-state index contributed by atoms with van der Waals surface area (Å²) in [5.74, 6) is -2.22. The average molecular weight is 546 g/mol. The number of aromatic nitrogens is 4. The summed E-state index contributed by atoms with van der Waals surface area (Å²) in [7, 11) is 1.77. The number of nitrogens with zero attached hydrogens (tertiary/aromatic N) is 4. The van der Waals surface area contributed by atoms with Crippen LogP contribution in [0.2, 0.25) is 0 Å². The Morgan fingerprint density at radius 2 is 1.95 bits per heavy atom. The van der Waals surface area contributed by atoms with Crippen LogP contribution >= 0.6 is 0 Å². The maximum absolute atomic E-state index is 15.4. The van der Waals surface area contributed by atoms with Crippen LogP contribution in [0.4, 0.5) is 8.78 Å². The van der Waals surface area contributed by atoms with Crippen molar-refractivity contribution >= 4 is 27.7 Å². The van der Waals surface area contributed by atoms with E-state index >= 15 is 8.78 Å². The zero-order valence-electron chi connectivity index (χ0n) is 21.5. The molecule has 6 rings (SSSR count). The second-order valence-corrected chi connectivity index (χ2v) is 9.85. The highest BCUT2D eigenvalue weighted by Crippen LogP contribution is 2.31. The Morgan fingerprint density at radius 1 is 1.15 bits per heavy atom. The monoisotopic (exact) mass is 545 g/mol. The van der Waals surface area contributed by atoms with Gasteiger partial charge in [0.1, 0.15) is 11.6 Å². The van der Waals surface area contributed by atoms with Gasteiger partial charge in [-0.05, 0) is 47.9 Å². The maximum atomic E-state index is 15.4. The number of carbonyl (C=O) groups excluding carboxylic acids is 1. The van der Waals surface area contributed by atoms with E-state index in [1.165, 1.54) is 30.6 Å². The van der Waals surface area contributed by atoms with Crippen LogP contribution in [-0.2, 0) is 18.3 Å². The van der Waals surface area contributed by atoms with Crippen molar-refractivity contribution in [3.05, 3.63) is 94.2 Å². The number of pyridine rings is 2. The summed E-state index contributed by atoms with van der Waals surface area (Å²) in [6, 6.07) is 10.3. The van der Waals surface area contributed by atoms with E-state index in [0.29, 0.717) is 29.7 Å². The summed E-state index contributed by atoms with van der Waals surface area (Å²) < 4.78 is 38.8. The third kappa shape index (κ3) is 4.63. The van der Waals surface area contributed by atoms with Crippen molar-refractivity contribution in [2.45, 2.75) is 25.1 Å². The fourth-order valence-corrected chi connectivity index (χ4v) is 5.14. The van der Waals surface area contributed by atoms with Gasteiger partial charge in [-0.2, -0.15) is 5.10 Å². The van der Waals surface area contributed by atoms with Gasteiger partial charge in [-0.15, -0.1) is 0 Å². The van der Waals surface area contributed by atoms with E-state index in [-0.39, 0.29) is 28.6 Å². The van der Waals surface area contributed by atoms with Gasteiger partial charge >= 0.3 is 0 Å². The SMILES string of the molecule is Cn1cc2c(-c3cc(F)c(Cn4cc(C(=O)N[C@H]5CCOC[C@@H]5O)c5ncccc5c4=O)c(F)c3)cccc2n1. The average Bonchev–Trinajstić information content (AvgIpc) is 3.33. The van der Waals surface area contributed by atoms with Crippen LogP contribution in [0.3, 0.4) is 0 Å². The number of hydrogen-bond acceptors (Lipinski definition) is 6. The van der Waals surface area contributed by atoms with E-state index in [1.54, 1.807) is 36.1 Å². The number of aliphatic hydroxyl groups excluding tert-OH is 1. The second kappa shape index (κ2) is 10.2. The summed E-state index contributed by atoms with van der Waals surface area (Å²) >= 11 is 0. The maximum Gasteiger partial charge on any atom is 0.260 e. The number of nitrogens with one attached hydrogen (secondary N) is 1. The van der Waals surface area contributed by atoms with E-state index in [4.69, 9.17) is 4.74 Å². The first-order valence-corrected chi connectivity index (χ1v) is 12.8. The highest BCUT2D eigenvalue weighted by Gasteiger charge is 2.27. The highest BCUT2D eigenvalue weighted by molar-refractivity contribution is 6.05. The number of fused-ring (bicyclic) bond motifs is 2. The first-order valence-electron chi connectivity index (χ1n) is 12.8. The number of amides is 1. The van der Waals surface area contributed by atoms with Crippen molar-refractivity contribution in [2.24, 2.45) is 7.05 Å². The van der Waals surface area contributed by atoms with Gasteiger partial charge in [-0.1, -0.05) is 12.1 Å². The highest BCUT2D eigenvalue weighted by atomic mass is 19.1. The molecule has 1 aliphatic heterocycles. The van der Waals surface area contributed by atoms with Crippen LogP contribution in [0, 0.1) is 11.6 Å². The Bertz CT molecular complexity index is 1810. The van der Waals surface area contributed by atoms with Gasteiger partial charge in [0.05, 0.1) is 47.3 Å². The van der Waals surface area contributed by atoms with Crippen molar-refractivity contribution in [3.8, 4) is 11.1 Å². The standard InChI is InChI=1S/C29H25F2N5O4/c1-35-12-19-17(4-2-6-24(19)34-35)16-10-22(30)20(23(31)11-16)13-36-14-21(27-18(29(36)39)5-3-8-32-27)28(38)33-25-7-9-40-15-26(25)37/h2-6,8,10-12,14,25-26,37H,7,9,13,15H2,1H3,(H,33,38)/t25-,26-/m0/s1. The van der Waals surface area contributed by atoms with E-state index in [1.807, 2.05) is 6.07 Å². The number of benzene rings is 2. The van der Waals surface area contributed by atoms with Gasteiger partial charge in [0.15, 0.2) is 0 Å². The minimum absolute atomic E-state index is 0.0505. The molecule has 9 nitrogen and oxygen atoms in total. The molecule has 0 unspecified atom stereocenters. The number of aryl methyl sites for hydroxylation is 1. The molecule has 0 saturated carbocycles. The summed E-state index contributed by atoms with van der Waals surface area (Å²) in [6.45, 7) is 0.0243. The molecular weight excluding hydrogens is 520 g/mol. The number of hydrogen-bond donors (Lipinski definition) is 2. The van der Waals surface area contributed by atoms with Crippen LogP contribution in [0.1, 0.15) is 22.3 Å². The van der Waals surface area contributed by atoms with Gasteiger partial charge in [0.25, 0.3) is 11.5 Å². The fraction of sp³-hybridized carbons (Fsp3) is 0.241. The number of carbonyl (C=O) groups is 1. The van der Waals surface area contributed by atoms with Crippen LogP contribution in [0.15, 0.2) is 65.8 Å². The molecule has 5 aromatic rings. The van der Waals surface area contributed by atoms with Crippen molar-refractivity contribution in [2.75, 3.05) is 13.2 Å². The molecule has 11 heteroatoms. The lowest BCUT2D eigenvalue weighted by Gasteiger charge is -2.28. The molecule has 2 N–H and O–H groups in total. The van der Waals surface area contributed by atoms with E-state index in [0.717, 1.165) is 9.95 Å². The molecule has 0 aliphatic carbocycles. The predicted molar refractivity (Wildman–Crippen MR) is 144 cm³/mol. The molecule has 1 aliphatic rings. The fourth-order valence-electron chi connectivity index (χ4n) is 5.14. The lowest BCUT2D eigenvalue weighted by molar-refractivity contribution is -0.0260. The smallest absolute Gasteiger partial charge is 0.260 e. The van der Waals surface area contributed by atoms with Gasteiger partial charge < -0.3 is 19.7 Å². The lowest BCUT2D eigenvalue weighted by atomic mass is 9.99. The van der Waals surface area contributed by atoms with Gasteiger partial charge in [-0.25, -0.2) is 8.78 Å². The van der Waals surface area contributed by atoms with Crippen molar-refractivity contribution in [1.82, 2.24) is 24.6 Å². The normalized spacial score (nSPS) is 17.4. The Kier molecular flexibility index (Phi) is 6.60. The summed E-state index contributed by atoms with van der Waals surface area (Å²) in [5, 5.41) is 18.2. The molecule has 2 aromatic carbocycles. The molecule has 0 spiro atoms. The number of aliphatic hydroxyl groups is 1. The van der Waals surface area contributed by atoms with Crippen LogP contribution in [-0.4, -0.2) is 55.7 Å². The molecule has 1 saturated heterocycles. The Labute approximate surface area is 226 Å². The van der Waals surface area contributed by atoms with Crippen LogP contribution in [0.5, 0.6) is 0 Å². The minimum Gasteiger partial charge on any atom is -0.389 e. The van der Waals surface area contributed by atoms with Gasteiger partial charge in [0.2, 0.25) is 0 Å². The molecule has 4 heterocycles. The van der Waals surface area contributed by atoms with Gasteiger partial charge in [-0.3, -0.25) is 19.3 Å². The van der Waals surface area contributed by atoms with E-state index < -0.39 is 41.8 Å². The van der Waals surface area contributed by atoms with E-state index in [2.05, 4.69) is 15.4 Å². The second-order valence-electron chi connectivity index (χ2n) is 9.85. The molecular formula is C29H25F2N5O4. The van der Waals surface area contributed by atoms with Crippen LogP contribution < -0.4 is 10.9 Å². The molecule has 2 atom stereocenters. The van der Waals surface area contributed by atoms with Crippen LogP contribution in [0.25, 0.3) is 32.9 Å². The van der Waals surface area contributed by atoms with Crippen molar-refractivity contribution in [3.63, 3.8) is 0 Å². The summed E-state index contributed by atoms with van der Waals surface area (Å²) in [4.78, 5) is 30.8.